The molecule has 0 N–H and O–H groups in total. The monoisotopic (exact) mass is 743 g/mol. The molecular weight excluding hydrogens is 711 g/mol. The first-order chi connectivity index (χ1) is 28.3. The highest BCUT2D eigenvalue weighted by molar-refractivity contribution is 7.26. The summed E-state index contributed by atoms with van der Waals surface area (Å²) >= 11 is 1.88. The Morgan fingerprint density at radius 2 is 1.00 bits per heavy atom. The summed E-state index contributed by atoms with van der Waals surface area (Å²) in [6.45, 7) is 0. The van der Waals surface area contributed by atoms with Crippen LogP contribution in [0.2, 0.25) is 0 Å². The van der Waals surface area contributed by atoms with E-state index in [4.69, 9.17) is 4.42 Å². The molecule has 0 aliphatic carbocycles. The van der Waals surface area contributed by atoms with Crippen LogP contribution in [0.25, 0.3) is 96.7 Å². The normalized spacial score (nSPS) is 11.9. The van der Waals surface area contributed by atoms with Crippen molar-refractivity contribution in [3.05, 3.63) is 200 Å². The van der Waals surface area contributed by atoms with Crippen LogP contribution in [0.4, 0.5) is 17.1 Å². The first-order valence-corrected chi connectivity index (χ1v) is 20.2. The lowest BCUT2D eigenvalue weighted by Crippen LogP contribution is -2.10. The van der Waals surface area contributed by atoms with Crippen molar-refractivity contribution in [3.63, 3.8) is 0 Å². The Bertz CT molecular complexity index is 3530. The highest BCUT2D eigenvalue weighted by Crippen LogP contribution is 2.50. The predicted octanol–water partition coefficient (Wildman–Crippen LogP) is 16.2. The minimum Gasteiger partial charge on any atom is -0.456 e. The molecule has 266 valence electrons. The Morgan fingerprint density at radius 1 is 0.368 bits per heavy atom. The van der Waals surface area contributed by atoms with Gasteiger partial charge in [-0.3, -0.25) is 0 Å². The van der Waals surface area contributed by atoms with E-state index >= 15 is 0 Å². The summed E-state index contributed by atoms with van der Waals surface area (Å²) in [6, 6.07) is 72.8. The molecule has 12 rings (SSSR count). The van der Waals surface area contributed by atoms with E-state index in [1.807, 2.05) is 23.5 Å². The van der Waals surface area contributed by atoms with E-state index in [2.05, 4.69) is 193 Å². The molecule has 0 unspecified atom stereocenters. The molecule has 0 bridgehead atoms. The molecule has 2 nitrogen and oxygen atoms in total. The van der Waals surface area contributed by atoms with Crippen LogP contribution >= 0.6 is 11.3 Å². The van der Waals surface area contributed by atoms with Crippen molar-refractivity contribution in [2.24, 2.45) is 0 Å². The number of fused-ring (bicyclic) bond motifs is 10. The highest BCUT2D eigenvalue weighted by Gasteiger charge is 2.22. The number of thiophene rings is 1. The maximum atomic E-state index is 6.28. The fraction of sp³-hybridized carbons (Fsp3) is 0. The van der Waals surface area contributed by atoms with Gasteiger partial charge in [0.15, 0.2) is 0 Å². The SMILES string of the molecule is c1ccc2c(-c3ccc(N(c4ccc(-c5cccc6oc7ccccc7c56)cc4)c4ccc5c(ccc6ccccc65)c4)c4c3sc3ccccc34)cccc2c1. The third-order valence-electron chi connectivity index (χ3n) is 11.7. The number of nitrogens with zero attached hydrogens (tertiary/aromatic N) is 1. The lowest BCUT2D eigenvalue weighted by atomic mass is 9.95. The topological polar surface area (TPSA) is 16.4 Å². The number of para-hydroxylation sites is 1. The van der Waals surface area contributed by atoms with E-state index in [-0.39, 0.29) is 0 Å². The molecule has 12 aromatic rings. The maximum Gasteiger partial charge on any atom is 0.136 e. The molecular formula is C54H33NOS. The van der Waals surface area contributed by atoms with Gasteiger partial charge in [0, 0.05) is 47.9 Å². The zero-order valence-corrected chi connectivity index (χ0v) is 31.6. The number of hydrogen-bond donors (Lipinski definition) is 0. The third-order valence-corrected chi connectivity index (χ3v) is 12.9. The predicted molar refractivity (Wildman–Crippen MR) is 245 cm³/mol. The van der Waals surface area contributed by atoms with Gasteiger partial charge < -0.3 is 9.32 Å². The molecule has 2 aromatic heterocycles. The molecule has 2 heterocycles. The summed E-state index contributed by atoms with van der Waals surface area (Å²) in [7, 11) is 0. The molecule has 0 saturated carbocycles. The van der Waals surface area contributed by atoms with Crippen molar-refractivity contribution < 1.29 is 4.42 Å². The van der Waals surface area contributed by atoms with Crippen molar-refractivity contribution in [1.29, 1.82) is 0 Å². The molecule has 0 amide bonds. The molecule has 57 heavy (non-hydrogen) atoms. The van der Waals surface area contributed by atoms with Crippen LogP contribution in [0.5, 0.6) is 0 Å². The van der Waals surface area contributed by atoms with E-state index in [0.29, 0.717) is 0 Å². The van der Waals surface area contributed by atoms with Gasteiger partial charge in [0.05, 0.1) is 5.69 Å². The summed E-state index contributed by atoms with van der Waals surface area (Å²) in [5, 5.41) is 12.3. The first-order valence-electron chi connectivity index (χ1n) is 19.4. The van der Waals surface area contributed by atoms with Gasteiger partial charge in [-0.2, -0.15) is 0 Å². The Labute approximate surface area is 333 Å². The van der Waals surface area contributed by atoms with Crippen LogP contribution in [0.3, 0.4) is 0 Å². The van der Waals surface area contributed by atoms with Crippen LogP contribution in [-0.2, 0) is 0 Å². The lowest BCUT2D eigenvalue weighted by molar-refractivity contribution is 0.669. The molecule has 0 aliphatic rings. The third kappa shape index (κ3) is 5.03. The molecule has 3 heteroatoms. The summed E-state index contributed by atoms with van der Waals surface area (Å²) in [6.07, 6.45) is 0. The van der Waals surface area contributed by atoms with E-state index in [9.17, 15) is 0 Å². The Balaban J connectivity index is 1.10. The maximum absolute atomic E-state index is 6.28. The Hall–Kier alpha value is -7.20. The number of hydrogen-bond acceptors (Lipinski definition) is 3. The van der Waals surface area contributed by atoms with Gasteiger partial charge in [0.2, 0.25) is 0 Å². The standard InChI is InChI=1S/C54H33NOS/c1-4-15-41-34(11-1)13-9-19-44(41)45-31-32-48(53-47-17-6-8-22-51(47)57-54(45)53)55(39-29-30-42-37(33-39)24-23-35-12-2-3-14-40(35)42)38-27-25-36(26-28-38)43-18-10-21-50-52(43)46-16-5-7-20-49(46)56-50/h1-33H. The van der Waals surface area contributed by atoms with Crippen LogP contribution in [0, 0.1) is 0 Å². The Morgan fingerprint density at radius 3 is 1.88 bits per heavy atom. The molecule has 0 radical (unpaired) electrons. The van der Waals surface area contributed by atoms with Crippen molar-refractivity contribution in [2.45, 2.75) is 0 Å². The zero-order chi connectivity index (χ0) is 37.5. The van der Waals surface area contributed by atoms with E-state index in [1.54, 1.807) is 0 Å². The van der Waals surface area contributed by atoms with Crippen molar-refractivity contribution in [1.82, 2.24) is 0 Å². The average molecular weight is 744 g/mol. The average Bonchev–Trinajstić information content (AvgIpc) is 3.86. The van der Waals surface area contributed by atoms with Crippen LogP contribution in [0.15, 0.2) is 205 Å². The minimum absolute atomic E-state index is 0.904. The van der Waals surface area contributed by atoms with Crippen LogP contribution in [0.1, 0.15) is 0 Å². The van der Waals surface area contributed by atoms with Gasteiger partial charge in [-0.1, -0.05) is 152 Å². The van der Waals surface area contributed by atoms with E-state index in [1.165, 1.54) is 69.2 Å². The number of benzene rings is 10. The number of anilines is 3. The highest BCUT2D eigenvalue weighted by atomic mass is 32.1. The first kappa shape index (κ1) is 32.1. The molecule has 0 atom stereocenters. The number of rotatable bonds is 5. The van der Waals surface area contributed by atoms with Gasteiger partial charge in [-0.15, -0.1) is 11.3 Å². The summed E-state index contributed by atoms with van der Waals surface area (Å²) in [5.74, 6) is 0. The fourth-order valence-electron chi connectivity index (χ4n) is 9.04. The van der Waals surface area contributed by atoms with Gasteiger partial charge in [0.25, 0.3) is 0 Å². The summed E-state index contributed by atoms with van der Waals surface area (Å²) in [5.41, 5.74) is 10.0. The van der Waals surface area contributed by atoms with E-state index < -0.39 is 0 Å². The summed E-state index contributed by atoms with van der Waals surface area (Å²) < 4.78 is 8.85. The smallest absolute Gasteiger partial charge is 0.136 e. The zero-order valence-electron chi connectivity index (χ0n) is 30.8. The van der Waals surface area contributed by atoms with Crippen molar-refractivity contribution in [3.8, 4) is 22.3 Å². The minimum atomic E-state index is 0.904. The molecule has 10 aromatic carbocycles. The molecule has 0 saturated heterocycles. The van der Waals surface area contributed by atoms with Gasteiger partial charge in [0.1, 0.15) is 11.2 Å². The molecule has 0 aliphatic heterocycles. The second-order valence-corrected chi connectivity index (χ2v) is 15.9. The van der Waals surface area contributed by atoms with Crippen molar-refractivity contribution in [2.75, 3.05) is 4.90 Å². The van der Waals surface area contributed by atoms with Crippen molar-refractivity contribution >= 4 is 103 Å². The number of furan rings is 1. The summed E-state index contributed by atoms with van der Waals surface area (Å²) in [4.78, 5) is 2.46. The lowest BCUT2D eigenvalue weighted by Gasteiger charge is -2.28. The van der Waals surface area contributed by atoms with Gasteiger partial charge in [-0.05, 0) is 97.5 Å². The van der Waals surface area contributed by atoms with Gasteiger partial charge >= 0.3 is 0 Å². The second kappa shape index (κ2) is 12.7. The second-order valence-electron chi connectivity index (χ2n) is 14.8. The molecule has 0 fully saturated rings. The molecule has 0 spiro atoms. The largest absolute Gasteiger partial charge is 0.456 e. The van der Waals surface area contributed by atoms with Crippen LogP contribution < -0.4 is 4.90 Å². The van der Waals surface area contributed by atoms with E-state index in [0.717, 1.165) is 44.6 Å². The van der Waals surface area contributed by atoms with Crippen LogP contribution in [-0.4, -0.2) is 0 Å². The fourth-order valence-corrected chi connectivity index (χ4v) is 10.3. The van der Waals surface area contributed by atoms with Gasteiger partial charge in [-0.25, -0.2) is 0 Å². The quantitative estimate of drug-likeness (QED) is 0.163. The Kier molecular flexibility index (Phi) is 7.13.